The number of esters is 1. The lowest BCUT2D eigenvalue weighted by atomic mass is 9.95. The molecule has 7 nitrogen and oxygen atoms in total. The van der Waals surface area contributed by atoms with Gasteiger partial charge in [0, 0.05) is 23.1 Å². The molecule has 1 aromatic rings. The Morgan fingerprint density at radius 1 is 1.25 bits per heavy atom. The second-order valence-electron chi connectivity index (χ2n) is 6.42. The van der Waals surface area contributed by atoms with E-state index in [1.54, 1.807) is 38.1 Å². The molecule has 1 rings (SSSR count). The van der Waals surface area contributed by atoms with E-state index in [1.807, 2.05) is 0 Å². The number of carbonyl (C=O) groups is 2. The van der Waals surface area contributed by atoms with Crippen LogP contribution in [0.25, 0.3) is 0 Å². The average Bonchev–Trinajstić information content (AvgIpc) is 2.64. The van der Waals surface area contributed by atoms with Crippen LogP contribution in [0.15, 0.2) is 24.3 Å². The minimum atomic E-state index is -0.990. The fraction of sp³-hybridized carbons (Fsp3) is 0.400. The molecule has 8 heteroatoms. The zero-order chi connectivity index (χ0) is 20.4. The van der Waals surface area contributed by atoms with Gasteiger partial charge in [0.2, 0.25) is 0 Å². The van der Waals surface area contributed by atoms with Gasteiger partial charge in [0.1, 0.15) is 6.04 Å². The Labute approximate surface area is 171 Å². The number of aliphatic hydroxyl groups is 2. The molecule has 2 atom stereocenters. The number of carbonyl (C=O) groups excluding carboxylic acids is 2. The highest BCUT2D eigenvalue weighted by Crippen LogP contribution is 2.10. The van der Waals surface area contributed by atoms with E-state index in [0.29, 0.717) is 11.1 Å². The smallest absolute Gasteiger partial charge is 0.330 e. The number of rotatable bonds is 6. The summed E-state index contributed by atoms with van der Waals surface area (Å²) in [5, 5.41) is 20.4. The Bertz CT molecular complexity index is 779. The normalized spacial score (nSPS) is 12.1. The Morgan fingerprint density at radius 3 is 2.36 bits per heavy atom. The van der Waals surface area contributed by atoms with Gasteiger partial charge in [-0.25, -0.2) is 4.79 Å². The van der Waals surface area contributed by atoms with Gasteiger partial charge in [0.15, 0.2) is 0 Å². The Morgan fingerprint density at radius 2 is 1.86 bits per heavy atom. The molecule has 0 saturated heterocycles. The first-order valence-electron chi connectivity index (χ1n) is 8.24. The van der Waals surface area contributed by atoms with E-state index in [-0.39, 0.29) is 25.4 Å². The van der Waals surface area contributed by atoms with Crippen LogP contribution in [0.3, 0.4) is 0 Å². The number of methoxy groups -OCH3 is 1. The highest BCUT2D eigenvalue weighted by atomic mass is 35.5. The summed E-state index contributed by atoms with van der Waals surface area (Å²) in [5.41, 5.74) is 5.94. The van der Waals surface area contributed by atoms with Crippen molar-refractivity contribution in [2.45, 2.75) is 38.0 Å². The number of hydrogen-bond donors (Lipinski definition) is 4. The van der Waals surface area contributed by atoms with Crippen molar-refractivity contribution in [1.82, 2.24) is 5.32 Å². The molecule has 0 aromatic heterocycles. The first kappa shape index (κ1) is 25.4. The maximum atomic E-state index is 12.3. The molecular formula is C20H25ClN2O5. The van der Waals surface area contributed by atoms with Crippen LogP contribution in [0.4, 0.5) is 0 Å². The van der Waals surface area contributed by atoms with E-state index >= 15 is 0 Å². The minimum Gasteiger partial charge on any atom is -0.467 e. The lowest BCUT2D eigenvalue weighted by Gasteiger charge is -2.28. The van der Waals surface area contributed by atoms with Crippen molar-refractivity contribution < 1.29 is 24.5 Å². The van der Waals surface area contributed by atoms with Crippen LogP contribution in [0, 0.1) is 23.7 Å². The average molecular weight is 409 g/mol. The summed E-state index contributed by atoms with van der Waals surface area (Å²) in [4.78, 5) is 24.2. The molecule has 0 saturated carbocycles. The molecule has 0 spiro atoms. The van der Waals surface area contributed by atoms with E-state index in [4.69, 9.17) is 15.9 Å². The monoisotopic (exact) mass is 408 g/mol. The fourth-order valence-corrected chi connectivity index (χ4v) is 1.97. The van der Waals surface area contributed by atoms with Crippen molar-refractivity contribution >= 4 is 24.3 Å². The number of nitrogens with one attached hydrogen (secondary N) is 1. The molecule has 1 unspecified atom stereocenters. The van der Waals surface area contributed by atoms with Crippen LogP contribution in [-0.2, 0) is 9.53 Å². The van der Waals surface area contributed by atoms with Gasteiger partial charge in [0.05, 0.1) is 19.8 Å². The van der Waals surface area contributed by atoms with Crippen molar-refractivity contribution in [3.8, 4) is 23.7 Å². The van der Waals surface area contributed by atoms with Crippen LogP contribution in [0.1, 0.15) is 36.2 Å². The second-order valence-corrected chi connectivity index (χ2v) is 6.42. The van der Waals surface area contributed by atoms with Crippen LogP contribution in [0.2, 0.25) is 0 Å². The summed E-state index contributed by atoms with van der Waals surface area (Å²) in [7, 11) is 1.23. The zero-order valence-corrected chi connectivity index (χ0v) is 16.8. The quantitative estimate of drug-likeness (QED) is 0.394. The molecule has 152 valence electrons. The maximum absolute atomic E-state index is 12.3. The van der Waals surface area contributed by atoms with Crippen LogP contribution >= 0.6 is 12.4 Å². The number of amides is 1. The Balaban J connectivity index is 0.00000729. The summed E-state index contributed by atoms with van der Waals surface area (Å²) in [6.45, 7) is 2.89. The van der Waals surface area contributed by atoms with Gasteiger partial charge in [-0.15, -0.1) is 12.4 Å². The summed E-state index contributed by atoms with van der Waals surface area (Å²) < 4.78 is 4.69. The first-order chi connectivity index (χ1) is 12.7. The van der Waals surface area contributed by atoms with E-state index in [1.165, 1.54) is 7.11 Å². The molecule has 0 heterocycles. The summed E-state index contributed by atoms with van der Waals surface area (Å²) in [6.07, 6.45) is -0.729. The standard InChI is InChI=1S/C20H24N2O5.ClH/c1-20(2,21)17(19(26)27-3)22-18(25)15-11-9-14(10-12-15)7-5-4-6-8-16(24)13-23;/h9-12,16-17,23-24H,8,13,21H2,1-3H3,(H,22,25);1H/t16-,17?;/m0./s1. The van der Waals surface area contributed by atoms with E-state index in [0.717, 1.165) is 0 Å². The highest BCUT2D eigenvalue weighted by molar-refractivity contribution is 5.97. The van der Waals surface area contributed by atoms with E-state index in [2.05, 4.69) is 33.7 Å². The third kappa shape index (κ3) is 8.43. The summed E-state index contributed by atoms with van der Waals surface area (Å²) in [6, 6.07) is 5.44. The van der Waals surface area contributed by atoms with Crippen molar-refractivity contribution in [3.63, 3.8) is 0 Å². The Hall–Kier alpha value is -2.55. The third-order valence-electron chi connectivity index (χ3n) is 3.51. The topological polar surface area (TPSA) is 122 Å². The number of benzene rings is 1. The van der Waals surface area contributed by atoms with Gasteiger partial charge < -0.3 is 26.0 Å². The Kier molecular flexibility index (Phi) is 10.9. The van der Waals surface area contributed by atoms with Gasteiger partial charge in [-0.3, -0.25) is 4.79 Å². The van der Waals surface area contributed by atoms with Crippen molar-refractivity contribution in [2.24, 2.45) is 5.73 Å². The molecule has 0 aliphatic rings. The molecule has 0 bridgehead atoms. The van der Waals surface area contributed by atoms with Crippen molar-refractivity contribution in [2.75, 3.05) is 13.7 Å². The number of aliphatic hydroxyl groups excluding tert-OH is 2. The van der Waals surface area contributed by atoms with Gasteiger partial charge >= 0.3 is 5.97 Å². The minimum absolute atomic E-state index is 0. The molecule has 0 aliphatic heterocycles. The second kappa shape index (κ2) is 12.0. The van der Waals surface area contributed by atoms with Crippen LogP contribution in [-0.4, -0.2) is 53.5 Å². The molecule has 1 amide bonds. The lowest BCUT2D eigenvalue weighted by molar-refractivity contribution is -0.144. The predicted molar refractivity (Wildman–Crippen MR) is 108 cm³/mol. The summed E-state index contributed by atoms with van der Waals surface area (Å²) >= 11 is 0. The lowest BCUT2D eigenvalue weighted by Crippen LogP contribution is -2.59. The van der Waals surface area contributed by atoms with Crippen molar-refractivity contribution in [3.05, 3.63) is 35.4 Å². The molecule has 5 N–H and O–H groups in total. The van der Waals surface area contributed by atoms with Crippen LogP contribution < -0.4 is 11.1 Å². The first-order valence-corrected chi connectivity index (χ1v) is 8.24. The zero-order valence-electron chi connectivity index (χ0n) is 16.0. The molecule has 0 aliphatic carbocycles. The van der Waals surface area contributed by atoms with Crippen LogP contribution in [0.5, 0.6) is 0 Å². The fourth-order valence-electron chi connectivity index (χ4n) is 1.97. The number of nitrogens with two attached hydrogens (primary N) is 1. The molecule has 0 radical (unpaired) electrons. The third-order valence-corrected chi connectivity index (χ3v) is 3.51. The van der Waals surface area contributed by atoms with Gasteiger partial charge in [-0.2, -0.15) is 0 Å². The maximum Gasteiger partial charge on any atom is 0.330 e. The van der Waals surface area contributed by atoms with Gasteiger partial charge in [0.25, 0.3) is 5.91 Å². The highest BCUT2D eigenvalue weighted by Gasteiger charge is 2.34. The number of hydrogen-bond acceptors (Lipinski definition) is 6. The molecule has 0 fully saturated rings. The van der Waals surface area contributed by atoms with Gasteiger partial charge in [-0.05, 0) is 50.0 Å². The number of halogens is 1. The molecular weight excluding hydrogens is 384 g/mol. The van der Waals surface area contributed by atoms with E-state index < -0.39 is 29.6 Å². The SMILES string of the molecule is COC(=O)C(NC(=O)c1ccc(C#CC#CC[C@H](O)CO)cc1)C(C)(C)N.Cl. The number of ether oxygens (including phenoxy) is 1. The predicted octanol–water partition coefficient (Wildman–Crippen LogP) is 0.215. The van der Waals surface area contributed by atoms with Gasteiger partial charge in [-0.1, -0.05) is 11.8 Å². The molecule has 28 heavy (non-hydrogen) atoms. The largest absolute Gasteiger partial charge is 0.467 e. The van der Waals surface area contributed by atoms with Crippen molar-refractivity contribution in [1.29, 1.82) is 0 Å². The summed E-state index contributed by atoms with van der Waals surface area (Å²) in [5.74, 6) is 9.55. The van der Waals surface area contributed by atoms with E-state index in [9.17, 15) is 9.59 Å². The molecule has 1 aromatic carbocycles.